The molecule has 260 valence electrons. The number of aliphatic carboxylic acids is 1. The molecule has 12 nitrogen and oxygen atoms in total. The zero-order valence-electron chi connectivity index (χ0n) is 28.8. The number of amides is 1. The molecule has 51 heavy (non-hydrogen) atoms. The SMILES string of the molecule is Cc1c(-c2nc3c(o2)CN(C(=O)CN2CC(C)(O)C2)C3)cccc1-c1cccc(-c2nc3cc(CN4CCC(C(=O)O)C4)cc(C#N)c3o2)c1C. The third kappa shape index (κ3) is 6.07. The van der Waals surface area contributed by atoms with Gasteiger partial charge in [0, 0.05) is 37.3 Å². The molecule has 5 heterocycles. The number of rotatable bonds is 8. The Bertz CT molecular complexity index is 2230. The number of aromatic nitrogens is 2. The topological polar surface area (TPSA) is 160 Å². The quantitative estimate of drug-likeness (QED) is 0.223. The Labute approximate surface area is 294 Å². The number of nitrogens with zero attached hydrogens (tertiary/aromatic N) is 6. The van der Waals surface area contributed by atoms with Crippen LogP contribution in [0.4, 0.5) is 0 Å². The molecule has 2 N–H and O–H groups in total. The normalized spacial score (nSPS) is 18.6. The summed E-state index contributed by atoms with van der Waals surface area (Å²) in [6.45, 7) is 9.57. The molecule has 0 spiro atoms. The highest BCUT2D eigenvalue weighted by atomic mass is 16.4. The van der Waals surface area contributed by atoms with Crippen molar-refractivity contribution in [2.24, 2.45) is 5.92 Å². The van der Waals surface area contributed by atoms with Crippen molar-refractivity contribution in [3.8, 4) is 40.1 Å². The van der Waals surface area contributed by atoms with Crippen LogP contribution in [0.3, 0.4) is 0 Å². The van der Waals surface area contributed by atoms with E-state index in [1.165, 1.54) is 0 Å². The van der Waals surface area contributed by atoms with Gasteiger partial charge in [-0.25, -0.2) is 9.97 Å². The number of aliphatic hydroxyl groups is 1. The van der Waals surface area contributed by atoms with Gasteiger partial charge in [-0.2, -0.15) is 5.26 Å². The molecule has 12 heteroatoms. The minimum Gasteiger partial charge on any atom is -0.481 e. The van der Waals surface area contributed by atoms with Gasteiger partial charge >= 0.3 is 5.97 Å². The molecule has 0 saturated carbocycles. The van der Waals surface area contributed by atoms with E-state index in [0.29, 0.717) is 86.4 Å². The van der Waals surface area contributed by atoms with Gasteiger partial charge in [0.1, 0.15) is 23.0 Å². The van der Waals surface area contributed by atoms with Crippen LogP contribution in [-0.4, -0.2) is 85.1 Å². The molecule has 0 radical (unpaired) electrons. The number of fused-ring (bicyclic) bond motifs is 2. The maximum absolute atomic E-state index is 12.9. The molecule has 0 bridgehead atoms. The summed E-state index contributed by atoms with van der Waals surface area (Å²) >= 11 is 0. The fourth-order valence-corrected chi connectivity index (χ4v) is 7.79. The molecule has 2 aromatic heterocycles. The van der Waals surface area contributed by atoms with Gasteiger partial charge in [-0.3, -0.25) is 19.4 Å². The van der Waals surface area contributed by atoms with Crippen LogP contribution in [0, 0.1) is 31.1 Å². The number of oxazole rings is 2. The Morgan fingerprint density at radius 1 is 0.961 bits per heavy atom. The molecule has 3 aliphatic rings. The molecule has 2 saturated heterocycles. The highest BCUT2D eigenvalue weighted by Crippen LogP contribution is 2.39. The fraction of sp³-hybridized carbons (Fsp3) is 0.359. The number of β-amino-alcohol motifs (C(OH)–C–C–N with tert-alkyl or cyclic N) is 1. The predicted molar refractivity (Wildman–Crippen MR) is 187 cm³/mol. The lowest BCUT2D eigenvalue weighted by atomic mass is 9.91. The Balaban J connectivity index is 1.03. The summed E-state index contributed by atoms with van der Waals surface area (Å²) in [5, 5.41) is 29.4. The van der Waals surface area contributed by atoms with Crippen molar-refractivity contribution in [2.45, 2.75) is 52.4 Å². The number of likely N-dealkylation sites (tertiary alicyclic amines) is 2. The number of carbonyl (C=O) groups excluding carboxylic acids is 1. The molecule has 0 aliphatic carbocycles. The maximum atomic E-state index is 12.9. The maximum Gasteiger partial charge on any atom is 0.307 e. The summed E-state index contributed by atoms with van der Waals surface area (Å²) in [6, 6.07) is 18.0. The van der Waals surface area contributed by atoms with E-state index >= 15 is 0 Å². The monoisotopic (exact) mass is 686 g/mol. The van der Waals surface area contributed by atoms with Gasteiger partial charge < -0.3 is 23.9 Å². The Hall–Kier alpha value is -5.35. The smallest absolute Gasteiger partial charge is 0.307 e. The van der Waals surface area contributed by atoms with Crippen molar-refractivity contribution in [3.05, 3.63) is 82.2 Å². The minimum atomic E-state index is -0.774. The van der Waals surface area contributed by atoms with Gasteiger partial charge in [0.15, 0.2) is 5.58 Å². The first-order chi connectivity index (χ1) is 24.5. The number of nitriles is 1. The number of carboxylic acids is 1. The van der Waals surface area contributed by atoms with Gasteiger partial charge in [0.2, 0.25) is 17.7 Å². The van der Waals surface area contributed by atoms with Crippen molar-refractivity contribution in [3.63, 3.8) is 0 Å². The lowest BCUT2D eigenvalue weighted by molar-refractivity contribution is -0.141. The highest BCUT2D eigenvalue weighted by Gasteiger charge is 2.39. The standard InChI is InChI=1S/C39H38N6O6/c1-22-27(6-4-8-29(22)36-42-32-17-45(18-33(32)50-36)34(46)19-44-20-39(3,49)21-44)28-7-5-9-30(23(28)2)37-41-31-13-24(12-26(14-40)35(31)51-37)15-43-11-10-25(16-43)38(47)48/h4-9,12-13,25,49H,10-11,15-21H2,1-3H3,(H,47,48). The predicted octanol–water partition coefficient (Wildman–Crippen LogP) is 5.12. The van der Waals surface area contributed by atoms with E-state index in [2.05, 4.69) is 23.1 Å². The summed E-state index contributed by atoms with van der Waals surface area (Å²) < 4.78 is 12.5. The molecule has 1 unspecified atom stereocenters. The van der Waals surface area contributed by atoms with Crippen LogP contribution in [0.2, 0.25) is 0 Å². The van der Waals surface area contributed by atoms with Crippen LogP contribution in [0.15, 0.2) is 57.4 Å². The van der Waals surface area contributed by atoms with Crippen molar-refractivity contribution in [1.29, 1.82) is 5.26 Å². The number of benzene rings is 3. The van der Waals surface area contributed by atoms with Crippen molar-refractivity contribution in [1.82, 2.24) is 24.7 Å². The minimum absolute atomic E-state index is 0.00484. The first-order valence-corrected chi connectivity index (χ1v) is 17.2. The molecule has 5 aromatic rings. The summed E-state index contributed by atoms with van der Waals surface area (Å²) in [4.78, 5) is 39.7. The van der Waals surface area contributed by atoms with Gasteiger partial charge in [-0.05, 0) is 85.8 Å². The largest absolute Gasteiger partial charge is 0.481 e. The van der Waals surface area contributed by atoms with Crippen LogP contribution in [0.5, 0.6) is 0 Å². The van der Waals surface area contributed by atoms with Gasteiger partial charge in [0.05, 0.1) is 36.7 Å². The zero-order chi connectivity index (χ0) is 35.6. The number of carbonyl (C=O) groups is 2. The average Bonchev–Trinajstić information content (AvgIpc) is 3.87. The van der Waals surface area contributed by atoms with Gasteiger partial charge in [-0.1, -0.05) is 24.3 Å². The fourth-order valence-electron chi connectivity index (χ4n) is 7.79. The summed E-state index contributed by atoms with van der Waals surface area (Å²) in [7, 11) is 0. The summed E-state index contributed by atoms with van der Waals surface area (Å²) in [5.41, 5.74) is 7.98. The lowest BCUT2D eigenvalue weighted by Gasteiger charge is -2.44. The summed E-state index contributed by atoms with van der Waals surface area (Å²) in [5.74, 6) is 0.478. The van der Waals surface area contributed by atoms with Gasteiger partial charge in [-0.15, -0.1) is 0 Å². The third-order valence-corrected chi connectivity index (χ3v) is 10.4. The molecular formula is C39H38N6O6. The van der Waals surface area contributed by atoms with Crippen LogP contribution in [-0.2, 0) is 29.2 Å². The first kappa shape index (κ1) is 32.8. The second-order valence-corrected chi connectivity index (χ2v) is 14.4. The van der Waals surface area contributed by atoms with E-state index in [4.69, 9.17) is 18.8 Å². The number of hydrogen-bond donors (Lipinski definition) is 2. The van der Waals surface area contributed by atoms with E-state index in [9.17, 15) is 25.1 Å². The lowest BCUT2D eigenvalue weighted by Crippen LogP contribution is -2.61. The second kappa shape index (κ2) is 12.5. The van der Waals surface area contributed by atoms with E-state index in [1.807, 2.05) is 49.1 Å². The molecule has 1 amide bonds. The van der Waals surface area contributed by atoms with Crippen LogP contribution in [0.25, 0.3) is 45.1 Å². The second-order valence-electron chi connectivity index (χ2n) is 14.4. The number of hydrogen-bond acceptors (Lipinski definition) is 10. The van der Waals surface area contributed by atoms with E-state index in [-0.39, 0.29) is 18.4 Å². The zero-order valence-corrected chi connectivity index (χ0v) is 28.8. The van der Waals surface area contributed by atoms with E-state index in [0.717, 1.165) is 44.6 Å². The van der Waals surface area contributed by atoms with Crippen molar-refractivity contribution in [2.75, 3.05) is 32.7 Å². The molecule has 2 fully saturated rings. The highest BCUT2D eigenvalue weighted by molar-refractivity contribution is 5.85. The van der Waals surface area contributed by atoms with Crippen LogP contribution >= 0.6 is 0 Å². The Morgan fingerprint density at radius 2 is 1.63 bits per heavy atom. The first-order valence-electron chi connectivity index (χ1n) is 17.2. The Kier molecular flexibility index (Phi) is 8.02. The summed E-state index contributed by atoms with van der Waals surface area (Å²) in [6.07, 6.45) is 0.613. The van der Waals surface area contributed by atoms with Crippen molar-refractivity contribution >= 4 is 23.0 Å². The third-order valence-electron chi connectivity index (χ3n) is 10.4. The van der Waals surface area contributed by atoms with E-state index < -0.39 is 11.6 Å². The molecule has 3 aromatic carbocycles. The van der Waals surface area contributed by atoms with Crippen LogP contribution in [0.1, 0.15) is 47.1 Å². The van der Waals surface area contributed by atoms with Crippen LogP contribution < -0.4 is 0 Å². The molecule has 1 atom stereocenters. The van der Waals surface area contributed by atoms with Crippen molar-refractivity contribution < 1.29 is 28.6 Å². The Morgan fingerprint density at radius 3 is 2.24 bits per heavy atom. The molecule has 3 aliphatic heterocycles. The molecular weight excluding hydrogens is 648 g/mol. The molecule has 8 rings (SSSR count). The number of carboxylic acid groups (broad SMARTS) is 1. The van der Waals surface area contributed by atoms with E-state index in [1.54, 1.807) is 17.9 Å². The average molecular weight is 687 g/mol. The van der Waals surface area contributed by atoms with Gasteiger partial charge in [0.25, 0.3) is 0 Å².